The molecular formula is C65H112O6. The quantitative estimate of drug-likeness (QED) is 0.0261. The molecule has 71 heavy (non-hydrogen) atoms. The van der Waals surface area contributed by atoms with E-state index in [4.69, 9.17) is 14.2 Å². The third kappa shape index (κ3) is 57.4. The Morgan fingerprint density at radius 1 is 0.296 bits per heavy atom. The molecule has 0 aromatic carbocycles. The third-order valence-electron chi connectivity index (χ3n) is 12.9. The number of hydrogen-bond donors (Lipinski definition) is 0. The molecule has 0 radical (unpaired) electrons. The van der Waals surface area contributed by atoms with Gasteiger partial charge in [-0.15, -0.1) is 0 Å². The van der Waals surface area contributed by atoms with Crippen LogP contribution in [-0.2, 0) is 28.6 Å². The van der Waals surface area contributed by atoms with E-state index < -0.39 is 6.10 Å². The summed E-state index contributed by atoms with van der Waals surface area (Å²) in [6.07, 6.45) is 77.1. The van der Waals surface area contributed by atoms with Gasteiger partial charge < -0.3 is 14.2 Å². The Balaban J connectivity index is 4.35. The molecule has 0 fully saturated rings. The summed E-state index contributed by atoms with van der Waals surface area (Å²) in [4.78, 5) is 38.2. The van der Waals surface area contributed by atoms with Crippen LogP contribution in [0.15, 0.2) is 85.1 Å². The average molecular weight is 990 g/mol. The van der Waals surface area contributed by atoms with Gasteiger partial charge in [0.2, 0.25) is 0 Å². The molecule has 0 heterocycles. The highest BCUT2D eigenvalue weighted by Crippen LogP contribution is 2.15. The van der Waals surface area contributed by atoms with Crippen molar-refractivity contribution < 1.29 is 28.6 Å². The summed E-state index contributed by atoms with van der Waals surface area (Å²) in [5.74, 6) is -0.897. The largest absolute Gasteiger partial charge is 0.462 e. The molecule has 0 aromatic rings. The second-order valence-corrected chi connectivity index (χ2v) is 19.9. The molecule has 0 amide bonds. The van der Waals surface area contributed by atoms with Crippen molar-refractivity contribution in [2.75, 3.05) is 13.2 Å². The molecule has 1 atom stereocenters. The molecule has 0 N–H and O–H groups in total. The summed E-state index contributed by atoms with van der Waals surface area (Å²) in [5, 5.41) is 0. The predicted molar refractivity (Wildman–Crippen MR) is 307 cm³/mol. The van der Waals surface area contributed by atoms with Crippen molar-refractivity contribution in [3.05, 3.63) is 85.1 Å². The Bertz CT molecular complexity index is 1370. The van der Waals surface area contributed by atoms with Gasteiger partial charge in [-0.25, -0.2) is 0 Å². The van der Waals surface area contributed by atoms with Gasteiger partial charge >= 0.3 is 17.9 Å². The van der Waals surface area contributed by atoms with Crippen LogP contribution >= 0.6 is 0 Å². The van der Waals surface area contributed by atoms with E-state index in [2.05, 4.69) is 106 Å². The first-order chi connectivity index (χ1) is 35.0. The topological polar surface area (TPSA) is 78.9 Å². The van der Waals surface area contributed by atoms with Gasteiger partial charge in [0.25, 0.3) is 0 Å². The van der Waals surface area contributed by atoms with Crippen molar-refractivity contribution in [2.45, 2.75) is 297 Å². The average Bonchev–Trinajstić information content (AvgIpc) is 3.37. The number of ether oxygens (including phenoxy) is 3. The maximum Gasteiger partial charge on any atom is 0.306 e. The molecule has 0 aliphatic heterocycles. The monoisotopic (exact) mass is 989 g/mol. The summed E-state index contributed by atoms with van der Waals surface area (Å²) in [7, 11) is 0. The molecule has 0 aliphatic carbocycles. The lowest BCUT2D eigenvalue weighted by Gasteiger charge is -2.18. The lowest BCUT2D eigenvalue weighted by Crippen LogP contribution is -2.30. The molecule has 0 rings (SSSR count). The van der Waals surface area contributed by atoms with Crippen LogP contribution in [0.3, 0.4) is 0 Å². The van der Waals surface area contributed by atoms with Gasteiger partial charge in [0.05, 0.1) is 0 Å². The number of rotatable bonds is 54. The molecule has 0 saturated carbocycles. The molecule has 0 bridgehead atoms. The van der Waals surface area contributed by atoms with Crippen LogP contribution in [0.4, 0.5) is 0 Å². The van der Waals surface area contributed by atoms with E-state index in [0.29, 0.717) is 19.3 Å². The van der Waals surface area contributed by atoms with E-state index in [1.165, 1.54) is 148 Å². The van der Waals surface area contributed by atoms with E-state index in [0.717, 1.165) is 103 Å². The summed E-state index contributed by atoms with van der Waals surface area (Å²) in [6.45, 7) is 6.49. The Morgan fingerprint density at radius 2 is 0.549 bits per heavy atom. The van der Waals surface area contributed by atoms with Crippen LogP contribution in [0.25, 0.3) is 0 Å². The molecule has 0 aliphatic rings. The molecule has 6 nitrogen and oxygen atoms in total. The number of esters is 3. The Kier molecular flexibility index (Phi) is 56.3. The van der Waals surface area contributed by atoms with Gasteiger partial charge in [0, 0.05) is 19.3 Å². The van der Waals surface area contributed by atoms with Crippen molar-refractivity contribution in [2.24, 2.45) is 0 Å². The van der Waals surface area contributed by atoms with Crippen molar-refractivity contribution in [1.82, 2.24) is 0 Å². The fourth-order valence-electron chi connectivity index (χ4n) is 8.34. The number of carbonyl (C=O) groups excluding carboxylic acids is 3. The first-order valence-electron chi connectivity index (χ1n) is 30.1. The summed E-state index contributed by atoms with van der Waals surface area (Å²) < 4.78 is 16.9. The van der Waals surface area contributed by atoms with Crippen molar-refractivity contribution in [1.29, 1.82) is 0 Å². The van der Waals surface area contributed by atoms with E-state index in [9.17, 15) is 14.4 Å². The van der Waals surface area contributed by atoms with Crippen LogP contribution in [-0.4, -0.2) is 37.2 Å². The molecule has 0 spiro atoms. The zero-order valence-corrected chi connectivity index (χ0v) is 46.7. The Labute approximate surface area is 439 Å². The SMILES string of the molecule is CC/C=C\C/C=C\C/C=C\C/C=C\CCCCCCCCCCCCC(=O)OCC(COC(=O)CCCCCCC/C=C\CCCCCC)OC(=O)CCCCCCCCC/C=C\C/C=C\CCCCC. The zero-order chi connectivity index (χ0) is 51.4. The Morgan fingerprint density at radius 3 is 0.901 bits per heavy atom. The molecule has 0 saturated heterocycles. The van der Waals surface area contributed by atoms with Gasteiger partial charge in [0.15, 0.2) is 6.10 Å². The summed E-state index contributed by atoms with van der Waals surface area (Å²) >= 11 is 0. The summed E-state index contributed by atoms with van der Waals surface area (Å²) in [5.41, 5.74) is 0. The van der Waals surface area contributed by atoms with Crippen molar-refractivity contribution in [3.8, 4) is 0 Å². The first kappa shape index (κ1) is 67.6. The van der Waals surface area contributed by atoms with Gasteiger partial charge in [-0.1, -0.05) is 241 Å². The Hall–Kier alpha value is -3.41. The number of carbonyl (C=O) groups is 3. The van der Waals surface area contributed by atoms with Gasteiger partial charge in [0.1, 0.15) is 13.2 Å². The molecule has 1 unspecified atom stereocenters. The normalized spacial score (nSPS) is 12.7. The van der Waals surface area contributed by atoms with Crippen molar-refractivity contribution in [3.63, 3.8) is 0 Å². The van der Waals surface area contributed by atoms with Crippen molar-refractivity contribution >= 4 is 17.9 Å². The first-order valence-corrected chi connectivity index (χ1v) is 30.1. The van der Waals surface area contributed by atoms with Crippen LogP contribution in [0.2, 0.25) is 0 Å². The van der Waals surface area contributed by atoms with Crippen LogP contribution in [0.5, 0.6) is 0 Å². The van der Waals surface area contributed by atoms with E-state index >= 15 is 0 Å². The van der Waals surface area contributed by atoms with E-state index in [1.807, 2.05) is 0 Å². The fourth-order valence-corrected chi connectivity index (χ4v) is 8.34. The second-order valence-electron chi connectivity index (χ2n) is 19.9. The molecular weight excluding hydrogens is 877 g/mol. The van der Waals surface area contributed by atoms with Crippen LogP contribution in [0.1, 0.15) is 290 Å². The maximum absolute atomic E-state index is 12.9. The molecule has 408 valence electrons. The second kappa shape index (κ2) is 59.2. The summed E-state index contributed by atoms with van der Waals surface area (Å²) in [6, 6.07) is 0. The van der Waals surface area contributed by atoms with E-state index in [-0.39, 0.29) is 31.1 Å². The van der Waals surface area contributed by atoms with E-state index in [1.54, 1.807) is 0 Å². The van der Waals surface area contributed by atoms with Gasteiger partial charge in [-0.05, 0) is 116 Å². The van der Waals surface area contributed by atoms with Gasteiger partial charge in [-0.3, -0.25) is 14.4 Å². The lowest BCUT2D eigenvalue weighted by molar-refractivity contribution is -0.167. The smallest absolute Gasteiger partial charge is 0.306 e. The minimum Gasteiger partial charge on any atom is -0.462 e. The number of allylic oxidation sites excluding steroid dienone is 14. The predicted octanol–water partition coefficient (Wildman–Crippen LogP) is 20.3. The van der Waals surface area contributed by atoms with Crippen LogP contribution in [0, 0.1) is 0 Å². The highest BCUT2D eigenvalue weighted by molar-refractivity contribution is 5.71. The standard InChI is InChI=1S/C65H112O6/c1-4-7-10-13-16-19-22-25-27-29-30-31-32-33-34-36-37-40-43-46-49-52-55-58-64(67)70-61-62(60-69-63(66)57-54-51-48-45-42-39-24-21-18-15-12-9-6-3)71-65(68)59-56-53-50-47-44-41-38-35-28-26-23-20-17-14-11-8-5-2/h7,10,16-17,19-21,24-28,30-31,62H,4-6,8-9,11-15,18,22-23,29,32-61H2,1-3H3/b10-7-,19-16-,20-17-,24-21-,27-25-,28-26-,31-30-. The molecule has 6 heteroatoms. The third-order valence-corrected chi connectivity index (χ3v) is 12.9. The number of hydrogen-bond acceptors (Lipinski definition) is 6. The minimum absolute atomic E-state index is 0.0839. The fraction of sp³-hybridized carbons (Fsp3) is 0.738. The van der Waals surface area contributed by atoms with Gasteiger partial charge in [-0.2, -0.15) is 0 Å². The minimum atomic E-state index is -0.786. The highest BCUT2D eigenvalue weighted by Gasteiger charge is 2.19. The highest BCUT2D eigenvalue weighted by atomic mass is 16.6. The van der Waals surface area contributed by atoms with Crippen LogP contribution < -0.4 is 0 Å². The molecule has 0 aromatic heterocycles. The lowest BCUT2D eigenvalue weighted by atomic mass is 10.1. The zero-order valence-electron chi connectivity index (χ0n) is 46.7. The maximum atomic E-state index is 12.9. The number of unbranched alkanes of at least 4 members (excludes halogenated alkanes) is 29.